The van der Waals surface area contributed by atoms with E-state index in [9.17, 15) is 9.59 Å². The van der Waals surface area contributed by atoms with Crippen molar-refractivity contribution in [3.63, 3.8) is 0 Å². The number of carbonyl (C=O) groups excluding carboxylic acids is 2. The Morgan fingerprint density at radius 3 is 2.37 bits per heavy atom. The molecule has 30 heavy (non-hydrogen) atoms. The number of rotatable bonds is 4. The smallest absolute Gasteiger partial charge is 0.257 e. The van der Waals surface area contributed by atoms with Crippen LogP contribution in [0.5, 0.6) is 5.75 Å². The number of nitrogens with zero attached hydrogens (tertiary/aromatic N) is 3. The number of hydrogen-bond donors (Lipinski definition) is 1. The van der Waals surface area contributed by atoms with Crippen LogP contribution in [0, 0.1) is 5.92 Å². The second-order valence-electron chi connectivity index (χ2n) is 8.45. The largest absolute Gasteiger partial charge is 0.496 e. The van der Waals surface area contributed by atoms with E-state index in [0.717, 1.165) is 5.82 Å². The number of ether oxygens (including phenoxy) is 1. The number of anilines is 1. The lowest BCUT2D eigenvalue weighted by atomic mass is 9.95. The number of amides is 2. The van der Waals surface area contributed by atoms with Gasteiger partial charge in [0.1, 0.15) is 11.6 Å². The number of benzene rings is 1. The van der Waals surface area contributed by atoms with Crippen LogP contribution in [0.3, 0.4) is 0 Å². The van der Waals surface area contributed by atoms with Gasteiger partial charge in [-0.05, 0) is 31.0 Å². The van der Waals surface area contributed by atoms with Gasteiger partial charge in [0.05, 0.1) is 30.8 Å². The molecule has 2 amide bonds. The third kappa shape index (κ3) is 5.08. The second kappa shape index (κ2) is 9.00. The van der Waals surface area contributed by atoms with Crippen molar-refractivity contribution < 1.29 is 14.3 Å². The summed E-state index contributed by atoms with van der Waals surface area (Å²) < 4.78 is 5.29. The number of hydrogen-bond acceptors (Lipinski definition) is 5. The molecular formula is C22H27ClN4O3. The Hall–Kier alpha value is -2.67. The van der Waals surface area contributed by atoms with Gasteiger partial charge < -0.3 is 15.0 Å². The van der Waals surface area contributed by atoms with Crippen LogP contribution in [0.2, 0.25) is 5.02 Å². The lowest BCUT2D eigenvalue weighted by Gasteiger charge is -2.31. The van der Waals surface area contributed by atoms with Crippen LogP contribution >= 0.6 is 11.6 Å². The molecular weight excluding hydrogens is 404 g/mol. The Bertz CT molecular complexity index is 917. The quantitative estimate of drug-likeness (QED) is 0.794. The zero-order valence-electron chi connectivity index (χ0n) is 17.7. The summed E-state index contributed by atoms with van der Waals surface area (Å²) in [7, 11) is 1.52. The zero-order valence-corrected chi connectivity index (χ0v) is 18.5. The van der Waals surface area contributed by atoms with Crippen molar-refractivity contribution in [1.82, 2.24) is 14.9 Å². The van der Waals surface area contributed by atoms with E-state index in [1.165, 1.54) is 7.11 Å². The summed E-state index contributed by atoms with van der Waals surface area (Å²) in [5.41, 5.74) is 0.868. The number of aromatic nitrogens is 2. The SMILES string of the molecule is COc1ccc(Cl)cc1C(=O)N1CCC(C(=O)Nc2cnc(C(C)(C)C)nc2)CC1. The maximum atomic E-state index is 12.9. The molecule has 1 aromatic heterocycles. The van der Waals surface area contributed by atoms with E-state index in [1.807, 2.05) is 20.8 Å². The van der Waals surface area contributed by atoms with E-state index in [-0.39, 0.29) is 23.1 Å². The Kier molecular flexibility index (Phi) is 6.61. The number of nitrogens with one attached hydrogen (secondary N) is 1. The van der Waals surface area contributed by atoms with E-state index in [2.05, 4.69) is 15.3 Å². The fourth-order valence-electron chi connectivity index (χ4n) is 3.39. The van der Waals surface area contributed by atoms with E-state index < -0.39 is 0 Å². The summed E-state index contributed by atoms with van der Waals surface area (Å²) in [5, 5.41) is 3.37. The summed E-state index contributed by atoms with van der Waals surface area (Å²) >= 11 is 6.04. The van der Waals surface area contributed by atoms with Gasteiger partial charge in [-0.2, -0.15) is 0 Å². The lowest BCUT2D eigenvalue weighted by Crippen LogP contribution is -2.41. The van der Waals surface area contributed by atoms with Crippen molar-refractivity contribution >= 4 is 29.1 Å². The molecule has 0 saturated carbocycles. The van der Waals surface area contributed by atoms with Gasteiger partial charge in [0.15, 0.2) is 0 Å². The van der Waals surface area contributed by atoms with Crippen molar-refractivity contribution in [3.05, 3.63) is 47.0 Å². The van der Waals surface area contributed by atoms with Gasteiger partial charge in [-0.1, -0.05) is 32.4 Å². The molecule has 0 spiro atoms. The maximum absolute atomic E-state index is 12.9. The second-order valence-corrected chi connectivity index (χ2v) is 8.88. The van der Waals surface area contributed by atoms with Gasteiger partial charge in [0.2, 0.25) is 5.91 Å². The highest BCUT2D eigenvalue weighted by molar-refractivity contribution is 6.31. The summed E-state index contributed by atoms with van der Waals surface area (Å²) in [4.78, 5) is 35.9. The minimum Gasteiger partial charge on any atom is -0.496 e. The van der Waals surface area contributed by atoms with Crippen molar-refractivity contribution in [3.8, 4) is 5.75 Å². The molecule has 2 aromatic rings. The van der Waals surface area contributed by atoms with Crippen LogP contribution in [-0.2, 0) is 10.2 Å². The highest BCUT2D eigenvalue weighted by Crippen LogP contribution is 2.27. The van der Waals surface area contributed by atoms with Gasteiger partial charge >= 0.3 is 0 Å². The van der Waals surface area contributed by atoms with Crippen LogP contribution in [-0.4, -0.2) is 46.9 Å². The van der Waals surface area contributed by atoms with Gasteiger partial charge in [0.25, 0.3) is 5.91 Å². The highest BCUT2D eigenvalue weighted by atomic mass is 35.5. The fraction of sp³-hybridized carbons (Fsp3) is 0.455. The number of carbonyl (C=O) groups is 2. The third-order valence-corrected chi connectivity index (χ3v) is 5.37. The number of likely N-dealkylation sites (tertiary alicyclic amines) is 1. The summed E-state index contributed by atoms with van der Waals surface area (Å²) in [6.45, 7) is 7.09. The first-order valence-electron chi connectivity index (χ1n) is 9.95. The lowest BCUT2D eigenvalue weighted by molar-refractivity contribution is -0.121. The first-order valence-corrected chi connectivity index (χ1v) is 10.3. The Morgan fingerprint density at radius 1 is 1.17 bits per heavy atom. The molecule has 1 aliphatic rings. The number of halogens is 1. The Balaban J connectivity index is 1.58. The maximum Gasteiger partial charge on any atom is 0.257 e. The highest BCUT2D eigenvalue weighted by Gasteiger charge is 2.29. The molecule has 1 fully saturated rings. The molecule has 0 bridgehead atoms. The standard InChI is InChI=1S/C22H27ClN4O3/c1-22(2,3)21-24-12-16(13-25-21)26-19(28)14-7-9-27(10-8-14)20(29)17-11-15(23)5-6-18(17)30-4/h5-6,11-14H,7-10H2,1-4H3,(H,26,28). The van der Waals surface area contributed by atoms with E-state index >= 15 is 0 Å². The molecule has 1 N–H and O–H groups in total. The van der Waals surface area contributed by atoms with Gasteiger partial charge in [-0.3, -0.25) is 9.59 Å². The molecule has 0 aliphatic carbocycles. The predicted molar refractivity (Wildman–Crippen MR) is 116 cm³/mol. The van der Waals surface area contributed by atoms with E-state index in [1.54, 1.807) is 35.5 Å². The van der Waals surface area contributed by atoms with Crippen molar-refractivity contribution in [2.45, 2.75) is 39.0 Å². The number of methoxy groups -OCH3 is 1. The van der Waals surface area contributed by atoms with Crippen molar-refractivity contribution in [1.29, 1.82) is 0 Å². The molecule has 1 aromatic carbocycles. The van der Waals surface area contributed by atoms with Crippen LogP contribution in [0.1, 0.15) is 49.8 Å². The van der Waals surface area contributed by atoms with E-state index in [0.29, 0.717) is 48.0 Å². The van der Waals surface area contributed by atoms with Crippen molar-refractivity contribution in [2.24, 2.45) is 5.92 Å². The summed E-state index contributed by atoms with van der Waals surface area (Å²) in [6, 6.07) is 4.98. The topological polar surface area (TPSA) is 84.4 Å². The minimum atomic E-state index is -0.169. The Morgan fingerprint density at radius 2 is 1.80 bits per heavy atom. The first-order chi connectivity index (χ1) is 14.2. The fourth-order valence-corrected chi connectivity index (χ4v) is 3.56. The molecule has 0 atom stereocenters. The zero-order chi connectivity index (χ0) is 21.9. The van der Waals surface area contributed by atoms with Crippen LogP contribution in [0.25, 0.3) is 0 Å². The minimum absolute atomic E-state index is 0.0745. The summed E-state index contributed by atoms with van der Waals surface area (Å²) in [6.07, 6.45) is 4.44. The average molecular weight is 431 g/mol. The molecule has 1 saturated heterocycles. The molecule has 0 unspecified atom stereocenters. The molecule has 8 heteroatoms. The molecule has 2 heterocycles. The van der Waals surface area contributed by atoms with Crippen LogP contribution < -0.4 is 10.1 Å². The summed E-state index contributed by atoms with van der Waals surface area (Å²) in [5.74, 6) is 0.832. The third-order valence-electron chi connectivity index (χ3n) is 5.14. The predicted octanol–water partition coefficient (Wildman–Crippen LogP) is 3.93. The molecule has 160 valence electrons. The average Bonchev–Trinajstić information content (AvgIpc) is 2.73. The van der Waals surface area contributed by atoms with Gasteiger partial charge in [-0.15, -0.1) is 0 Å². The molecule has 1 aliphatic heterocycles. The number of piperidine rings is 1. The molecule has 0 radical (unpaired) electrons. The first kappa shape index (κ1) is 22.0. The van der Waals surface area contributed by atoms with Gasteiger partial charge in [-0.25, -0.2) is 9.97 Å². The van der Waals surface area contributed by atoms with Crippen LogP contribution in [0.4, 0.5) is 5.69 Å². The van der Waals surface area contributed by atoms with Crippen LogP contribution in [0.15, 0.2) is 30.6 Å². The Labute approximate surface area is 181 Å². The van der Waals surface area contributed by atoms with Gasteiger partial charge in [0, 0.05) is 29.4 Å². The van der Waals surface area contributed by atoms with E-state index in [4.69, 9.17) is 16.3 Å². The van der Waals surface area contributed by atoms with Crippen molar-refractivity contribution in [2.75, 3.05) is 25.5 Å². The normalized spacial score (nSPS) is 15.0. The monoisotopic (exact) mass is 430 g/mol. The molecule has 7 nitrogen and oxygen atoms in total. The molecule has 3 rings (SSSR count).